The number of aromatic nitrogens is 1. The fraction of sp³-hybridized carbons (Fsp3) is 0.357. The van der Waals surface area contributed by atoms with E-state index < -0.39 is 29.5 Å². The number of nitrogens with zero attached hydrogens (tertiary/aromatic N) is 1. The summed E-state index contributed by atoms with van der Waals surface area (Å²) >= 11 is 2.82. The van der Waals surface area contributed by atoms with Crippen LogP contribution in [0.2, 0.25) is 0 Å². The van der Waals surface area contributed by atoms with Crippen LogP contribution in [-0.4, -0.2) is 60.7 Å². The number of methoxy groups -OCH3 is 1. The molecule has 2 N–H and O–H groups in total. The van der Waals surface area contributed by atoms with Crippen molar-refractivity contribution in [3.8, 4) is 0 Å². The molecule has 2 aromatic rings. The fourth-order valence-corrected chi connectivity index (χ4v) is 5.48. The molecule has 1 aliphatic rings. The number of hydrogen-bond donors (Lipinski definition) is 2. The highest BCUT2D eigenvalue weighted by molar-refractivity contribution is 7.99. The number of amides is 1. The lowest BCUT2D eigenvalue weighted by Gasteiger charge is -2.35. The van der Waals surface area contributed by atoms with Gasteiger partial charge >= 0.3 is 11.9 Å². The number of benzene rings is 1. The van der Waals surface area contributed by atoms with E-state index in [2.05, 4.69) is 15.6 Å². The predicted octanol–water partition coefficient (Wildman–Crippen LogP) is 4.24. The second-order valence-electron chi connectivity index (χ2n) is 8.43. The summed E-state index contributed by atoms with van der Waals surface area (Å²) in [6, 6.07) is 10.9. The Kier molecular flexibility index (Phi) is 11.0. The van der Waals surface area contributed by atoms with Crippen LogP contribution in [-0.2, 0) is 23.8 Å². The molecule has 0 bridgehead atoms. The van der Waals surface area contributed by atoms with Crippen molar-refractivity contribution in [1.29, 1.82) is 0 Å². The van der Waals surface area contributed by atoms with Gasteiger partial charge < -0.3 is 24.8 Å². The number of thioether (sulfide) groups is 2. The Morgan fingerprint density at radius 2 is 1.85 bits per heavy atom. The van der Waals surface area contributed by atoms with Crippen LogP contribution in [0.15, 0.2) is 76.2 Å². The summed E-state index contributed by atoms with van der Waals surface area (Å²) < 4.78 is 16.2. The lowest BCUT2D eigenvalue weighted by molar-refractivity contribution is -0.165. The molecule has 0 saturated carbocycles. The molecular weight excluding hydrogens is 538 g/mol. The molecule has 3 unspecified atom stereocenters. The van der Waals surface area contributed by atoms with Gasteiger partial charge in [-0.3, -0.25) is 9.78 Å². The first-order chi connectivity index (χ1) is 18.8. The number of ether oxygens (including phenoxy) is 3. The molecule has 1 aliphatic heterocycles. The van der Waals surface area contributed by atoms with Crippen molar-refractivity contribution in [1.82, 2.24) is 15.6 Å². The summed E-state index contributed by atoms with van der Waals surface area (Å²) in [5.74, 6) is -2.42. The van der Waals surface area contributed by atoms with Gasteiger partial charge in [-0.2, -0.15) is 0 Å². The molecule has 0 saturated heterocycles. The van der Waals surface area contributed by atoms with Gasteiger partial charge in [0.2, 0.25) is 0 Å². The number of rotatable bonds is 11. The Morgan fingerprint density at radius 1 is 1.10 bits per heavy atom. The topological polar surface area (TPSA) is 116 Å². The lowest BCUT2D eigenvalue weighted by atomic mass is 9.80. The Hall–Kier alpha value is -3.28. The maximum Gasteiger partial charge on any atom is 0.339 e. The fourth-order valence-electron chi connectivity index (χ4n) is 4.19. The second kappa shape index (κ2) is 14.2. The van der Waals surface area contributed by atoms with Crippen molar-refractivity contribution in [3.05, 3.63) is 82.5 Å². The van der Waals surface area contributed by atoms with Crippen LogP contribution in [0.4, 0.5) is 0 Å². The number of hydrogen-bond acceptors (Lipinski definition) is 10. The number of esters is 2. The molecule has 3 rings (SSSR count). The van der Waals surface area contributed by atoms with E-state index in [0.717, 1.165) is 10.5 Å². The van der Waals surface area contributed by atoms with Crippen LogP contribution >= 0.6 is 23.5 Å². The Morgan fingerprint density at radius 3 is 2.46 bits per heavy atom. The zero-order valence-electron chi connectivity index (χ0n) is 22.8. The summed E-state index contributed by atoms with van der Waals surface area (Å²) in [4.78, 5) is 45.2. The van der Waals surface area contributed by atoms with Crippen molar-refractivity contribution in [3.63, 3.8) is 0 Å². The Labute approximate surface area is 237 Å². The average molecular weight is 572 g/mol. The zero-order chi connectivity index (χ0) is 28.5. The zero-order valence-corrected chi connectivity index (χ0v) is 24.4. The van der Waals surface area contributed by atoms with E-state index >= 15 is 0 Å². The number of carbonyl (C=O) groups is 3. The van der Waals surface area contributed by atoms with E-state index in [9.17, 15) is 14.4 Å². The SMILES string of the molecule is CCOC(=O)C1=C(C(NC(=O)c2cccnc2)SC)NC(C)=C(C(=O)OC(C)OC)C1c1ccccc1SC. The number of dihydropyridines is 1. The van der Waals surface area contributed by atoms with Gasteiger partial charge in [0.25, 0.3) is 5.91 Å². The van der Waals surface area contributed by atoms with Gasteiger partial charge in [-0.15, -0.1) is 23.5 Å². The third-order valence-corrected chi connectivity index (χ3v) is 7.68. The normalized spacial score (nSPS) is 16.7. The van der Waals surface area contributed by atoms with Gasteiger partial charge in [-0.1, -0.05) is 18.2 Å². The molecule has 0 aliphatic carbocycles. The van der Waals surface area contributed by atoms with Crippen molar-refractivity contribution in [2.24, 2.45) is 0 Å². The lowest BCUT2D eigenvalue weighted by Crippen LogP contribution is -2.43. The molecule has 0 spiro atoms. The molecule has 3 atom stereocenters. The summed E-state index contributed by atoms with van der Waals surface area (Å²) in [7, 11) is 1.44. The molecule has 39 heavy (non-hydrogen) atoms. The minimum atomic E-state index is -0.828. The van der Waals surface area contributed by atoms with Crippen LogP contribution in [0.5, 0.6) is 0 Å². The number of carbonyl (C=O) groups excluding carboxylic acids is 3. The molecule has 0 radical (unpaired) electrons. The van der Waals surface area contributed by atoms with Gasteiger partial charge in [-0.25, -0.2) is 9.59 Å². The highest BCUT2D eigenvalue weighted by Gasteiger charge is 2.42. The first-order valence-corrected chi connectivity index (χ1v) is 14.8. The van der Waals surface area contributed by atoms with Crippen LogP contribution in [0, 0.1) is 0 Å². The van der Waals surface area contributed by atoms with Gasteiger partial charge in [-0.05, 0) is 57.0 Å². The molecule has 1 amide bonds. The van der Waals surface area contributed by atoms with E-state index in [1.54, 1.807) is 39.1 Å². The van der Waals surface area contributed by atoms with Crippen molar-refractivity contribution in [2.45, 2.75) is 43.2 Å². The maximum absolute atomic E-state index is 13.7. The minimum Gasteiger partial charge on any atom is -0.463 e. The van der Waals surface area contributed by atoms with Crippen molar-refractivity contribution in [2.75, 3.05) is 26.2 Å². The van der Waals surface area contributed by atoms with Crippen LogP contribution < -0.4 is 10.6 Å². The molecule has 11 heteroatoms. The number of nitrogens with one attached hydrogen (secondary N) is 2. The quantitative estimate of drug-likeness (QED) is 0.231. The van der Waals surface area contributed by atoms with E-state index in [1.165, 1.54) is 36.8 Å². The summed E-state index contributed by atoms with van der Waals surface area (Å²) in [5, 5.41) is 5.54. The smallest absolute Gasteiger partial charge is 0.339 e. The van der Waals surface area contributed by atoms with Crippen LogP contribution in [0.25, 0.3) is 0 Å². The number of allylic oxidation sites excluding steroid dienone is 1. The van der Waals surface area contributed by atoms with E-state index in [0.29, 0.717) is 17.0 Å². The second-order valence-corrected chi connectivity index (χ2v) is 10.2. The molecular formula is C28H33N3O6S2. The monoisotopic (exact) mass is 571 g/mol. The summed E-state index contributed by atoms with van der Waals surface area (Å²) in [6.07, 6.45) is 5.99. The largest absolute Gasteiger partial charge is 0.463 e. The molecule has 1 aromatic heterocycles. The average Bonchev–Trinajstić information content (AvgIpc) is 2.95. The highest BCUT2D eigenvalue weighted by Crippen LogP contribution is 2.44. The standard InChI is InChI=1S/C28H33N3O6S2/c1-7-36-27(33)23-22(19-12-8-9-13-20(19)38-5)21(28(34)37-17(3)35-4)16(2)30-24(23)26(39-6)31-25(32)18-11-10-14-29-15-18/h8-15,17,22,26,30H,7H2,1-6H3,(H,31,32). The molecule has 1 aromatic carbocycles. The van der Waals surface area contributed by atoms with E-state index in [4.69, 9.17) is 14.2 Å². The van der Waals surface area contributed by atoms with E-state index in [1.807, 2.05) is 36.8 Å². The third-order valence-electron chi connectivity index (χ3n) is 6.05. The maximum atomic E-state index is 13.7. The molecule has 208 valence electrons. The minimum absolute atomic E-state index is 0.127. The van der Waals surface area contributed by atoms with Crippen molar-refractivity contribution >= 4 is 41.4 Å². The third kappa shape index (κ3) is 7.03. The Bertz CT molecular complexity index is 1260. The van der Waals surface area contributed by atoms with Crippen LogP contribution in [0.3, 0.4) is 0 Å². The first-order valence-electron chi connectivity index (χ1n) is 12.3. The predicted molar refractivity (Wildman–Crippen MR) is 152 cm³/mol. The van der Waals surface area contributed by atoms with Gasteiger partial charge in [0.1, 0.15) is 5.37 Å². The first kappa shape index (κ1) is 30.3. The molecule has 2 heterocycles. The van der Waals surface area contributed by atoms with Gasteiger partial charge in [0.05, 0.1) is 34.9 Å². The van der Waals surface area contributed by atoms with Gasteiger partial charge in [0, 0.05) is 30.1 Å². The van der Waals surface area contributed by atoms with Crippen molar-refractivity contribution < 1.29 is 28.6 Å². The van der Waals surface area contributed by atoms with E-state index in [-0.39, 0.29) is 23.7 Å². The summed E-state index contributed by atoms with van der Waals surface area (Å²) in [5.41, 5.74) is 2.49. The molecule has 0 fully saturated rings. The highest BCUT2D eigenvalue weighted by atomic mass is 32.2. The molecule has 9 nitrogen and oxygen atoms in total. The number of pyridine rings is 1. The Balaban J connectivity index is 2.23. The summed E-state index contributed by atoms with van der Waals surface area (Å²) in [6.45, 7) is 5.19. The van der Waals surface area contributed by atoms with Crippen LogP contribution in [0.1, 0.15) is 42.6 Å². The van der Waals surface area contributed by atoms with Gasteiger partial charge in [0.15, 0.2) is 6.29 Å².